The van der Waals surface area contributed by atoms with Crippen molar-refractivity contribution >= 4 is 11.8 Å². The minimum Gasteiger partial charge on any atom is -0.478 e. The predicted molar refractivity (Wildman–Crippen MR) is 68.2 cm³/mol. The molecule has 1 fully saturated rings. The molecule has 0 radical (unpaired) electrons. The molecule has 98 valence electrons. The SMILES string of the molecule is CCC1CN(c2ccc(C(=O)O)c(C)n2)CCO1. The van der Waals surface area contributed by atoms with Gasteiger partial charge in [0.1, 0.15) is 5.82 Å². The van der Waals surface area contributed by atoms with E-state index >= 15 is 0 Å². The van der Waals surface area contributed by atoms with E-state index in [1.54, 1.807) is 19.1 Å². The van der Waals surface area contributed by atoms with Gasteiger partial charge in [0.25, 0.3) is 0 Å². The number of nitrogens with zero attached hydrogens (tertiary/aromatic N) is 2. The molecule has 1 aliphatic heterocycles. The number of rotatable bonds is 3. The highest BCUT2D eigenvalue weighted by molar-refractivity contribution is 5.89. The number of aryl methyl sites for hydroxylation is 1. The first-order chi connectivity index (χ1) is 8.61. The van der Waals surface area contributed by atoms with Crippen LogP contribution in [0.4, 0.5) is 5.82 Å². The zero-order valence-electron chi connectivity index (χ0n) is 10.7. The maximum atomic E-state index is 10.9. The molecule has 1 aromatic heterocycles. The van der Waals surface area contributed by atoms with Crippen LogP contribution in [0.3, 0.4) is 0 Å². The van der Waals surface area contributed by atoms with Gasteiger partial charge in [-0.15, -0.1) is 0 Å². The van der Waals surface area contributed by atoms with Crippen molar-refractivity contribution in [2.45, 2.75) is 26.4 Å². The van der Waals surface area contributed by atoms with Gasteiger partial charge < -0.3 is 14.7 Å². The zero-order chi connectivity index (χ0) is 13.1. The van der Waals surface area contributed by atoms with Crippen molar-refractivity contribution in [2.75, 3.05) is 24.6 Å². The largest absolute Gasteiger partial charge is 0.478 e. The first-order valence-corrected chi connectivity index (χ1v) is 6.19. The highest BCUT2D eigenvalue weighted by Crippen LogP contribution is 2.18. The van der Waals surface area contributed by atoms with Crippen molar-refractivity contribution < 1.29 is 14.6 Å². The first kappa shape index (κ1) is 12.8. The molecule has 0 aromatic carbocycles. The van der Waals surface area contributed by atoms with Crippen LogP contribution in [0.1, 0.15) is 29.4 Å². The molecule has 0 spiro atoms. The normalized spacial score (nSPS) is 19.9. The number of hydrogen-bond donors (Lipinski definition) is 1. The summed E-state index contributed by atoms with van der Waals surface area (Å²) in [6.45, 7) is 6.13. The van der Waals surface area contributed by atoms with Gasteiger partial charge in [-0.25, -0.2) is 9.78 Å². The van der Waals surface area contributed by atoms with Crippen LogP contribution in [-0.2, 0) is 4.74 Å². The smallest absolute Gasteiger partial charge is 0.337 e. The van der Waals surface area contributed by atoms with Gasteiger partial charge in [0.15, 0.2) is 0 Å². The highest BCUT2D eigenvalue weighted by Gasteiger charge is 2.20. The average Bonchev–Trinajstić information content (AvgIpc) is 2.38. The Morgan fingerprint density at radius 2 is 2.39 bits per heavy atom. The lowest BCUT2D eigenvalue weighted by atomic mass is 10.2. The van der Waals surface area contributed by atoms with E-state index in [4.69, 9.17) is 9.84 Å². The van der Waals surface area contributed by atoms with Gasteiger partial charge in [-0.1, -0.05) is 6.92 Å². The molecule has 1 N–H and O–H groups in total. The van der Waals surface area contributed by atoms with E-state index in [1.807, 2.05) is 0 Å². The van der Waals surface area contributed by atoms with Gasteiger partial charge in [0.05, 0.1) is 24.0 Å². The first-order valence-electron chi connectivity index (χ1n) is 6.19. The number of carboxylic acid groups (broad SMARTS) is 1. The van der Waals surface area contributed by atoms with Crippen LogP contribution < -0.4 is 4.90 Å². The van der Waals surface area contributed by atoms with Gasteiger partial charge in [-0.3, -0.25) is 0 Å². The summed E-state index contributed by atoms with van der Waals surface area (Å²) in [6, 6.07) is 3.39. The maximum absolute atomic E-state index is 10.9. The van der Waals surface area contributed by atoms with Crippen molar-refractivity contribution in [2.24, 2.45) is 0 Å². The molecule has 18 heavy (non-hydrogen) atoms. The van der Waals surface area contributed by atoms with Crippen molar-refractivity contribution in [3.63, 3.8) is 0 Å². The Kier molecular flexibility index (Phi) is 3.81. The highest BCUT2D eigenvalue weighted by atomic mass is 16.5. The molecule has 1 atom stereocenters. The second-order valence-electron chi connectivity index (χ2n) is 4.45. The van der Waals surface area contributed by atoms with Crippen molar-refractivity contribution in [1.82, 2.24) is 4.98 Å². The summed E-state index contributed by atoms with van der Waals surface area (Å²) in [4.78, 5) is 17.5. The second-order valence-corrected chi connectivity index (χ2v) is 4.45. The van der Waals surface area contributed by atoms with Crippen molar-refractivity contribution in [1.29, 1.82) is 0 Å². The molecule has 2 rings (SSSR count). The van der Waals surface area contributed by atoms with E-state index in [0.29, 0.717) is 12.3 Å². The number of carbonyl (C=O) groups is 1. The molecule has 2 heterocycles. The van der Waals surface area contributed by atoms with E-state index in [-0.39, 0.29) is 11.7 Å². The summed E-state index contributed by atoms with van der Waals surface area (Å²) in [5, 5.41) is 8.97. The Bertz CT molecular complexity index is 448. The zero-order valence-corrected chi connectivity index (χ0v) is 10.7. The molecule has 1 saturated heterocycles. The van der Waals surface area contributed by atoms with Crippen molar-refractivity contribution in [3.8, 4) is 0 Å². The molecule has 0 saturated carbocycles. The number of aromatic nitrogens is 1. The molecule has 1 aliphatic rings. The predicted octanol–water partition coefficient (Wildman–Crippen LogP) is 1.70. The summed E-state index contributed by atoms with van der Waals surface area (Å²) in [5.74, 6) is -0.0980. The fraction of sp³-hybridized carbons (Fsp3) is 0.538. The number of hydrogen-bond acceptors (Lipinski definition) is 4. The van der Waals surface area contributed by atoms with E-state index in [1.165, 1.54) is 0 Å². The van der Waals surface area contributed by atoms with E-state index in [0.717, 1.165) is 25.3 Å². The van der Waals surface area contributed by atoms with Gasteiger partial charge >= 0.3 is 5.97 Å². The molecule has 5 nitrogen and oxygen atoms in total. The van der Waals surface area contributed by atoms with Crippen LogP contribution >= 0.6 is 0 Å². The number of carboxylic acids is 1. The standard InChI is InChI=1S/C13H18N2O3/c1-3-10-8-15(6-7-18-10)12-5-4-11(13(16)17)9(2)14-12/h4-5,10H,3,6-8H2,1-2H3,(H,16,17). The minimum absolute atomic E-state index is 0.236. The molecule has 1 aromatic rings. The molecular weight excluding hydrogens is 232 g/mol. The molecule has 0 bridgehead atoms. The summed E-state index contributed by atoms with van der Waals surface area (Å²) in [7, 11) is 0. The Morgan fingerprint density at radius 3 is 3.00 bits per heavy atom. The fourth-order valence-corrected chi connectivity index (χ4v) is 2.12. The number of ether oxygens (including phenoxy) is 1. The van der Waals surface area contributed by atoms with Crippen LogP contribution in [-0.4, -0.2) is 41.9 Å². The number of aromatic carboxylic acids is 1. The van der Waals surface area contributed by atoms with Crippen LogP contribution in [0.2, 0.25) is 0 Å². The Labute approximate surface area is 106 Å². The third-order valence-corrected chi connectivity index (χ3v) is 3.22. The fourth-order valence-electron chi connectivity index (χ4n) is 2.12. The van der Waals surface area contributed by atoms with Gasteiger partial charge in [0, 0.05) is 13.1 Å². The van der Waals surface area contributed by atoms with Gasteiger partial charge in [-0.05, 0) is 25.5 Å². The molecule has 1 unspecified atom stereocenters. The second kappa shape index (κ2) is 5.35. The number of morpholine rings is 1. The quantitative estimate of drug-likeness (QED) is 0.884. The van der Waals surface area contributed by atoms with Crippen LogP contribution in [0.5, 0.6) is 0 Å². The van der Waals surface area contributed by atoms with E-state index in [2.05, 4.69) is 16.8 Å². The van der Waals surface area contributed by atoms with Crippen LogP contribution in [0.25, 0.3) is 0 Å². The lowest BCUT2D eigenvalue weighted by molar-refractivity contribution is 0.0381. The van der Waals surface area contributed by atoms with Gasteiger partial charge in [-0.2, -0.15) is 0 Å². The Hall–Kier alpha value is -1.62. The van der Waals surface area contributed by atoms with Crippen LogP contribution in [0, 0.1) is 6.92 Å². The number of anilines is 1. The summed E-state index contributed by atoms with van der Waals surface area (Å²) >= 11 is 0. The van der Waals surface area contributed by atoms with Crippen LogP contribution in [0.15, 0.2) is 12.1 Å². The third-order valence-electron chi connectivity index (χ3n) is 3.22. The van der Waals surface area contributed by atoms with Crippen molar-refractivity contribution in [3.05, 3.63) is 23.4 Å². The molecule has 0 amide bonds. The lowest BCUT2D eigenvalue weighted by Crippen LogP contribution is -2.42. The average molecular weight is 250 g/mol. The summed E-state index contributed by atoms with van der Waals surface area (Å²) < 4.78 is 5.61. The van der Waals surface area contributed by atoms with Gasteiger partial charge in [0.2, 0.25) is 0 Å². The topological polar surface area (TPSA) is 62.7 Å². The molecule has 5 heteroatoms. The molecule has 0 aliphatic carbocycles. The maximum Gasteiger partial charge on any atom is 0.337 e. The third kappa shape index (κ3) is 2.61. The summed E-state index contributed by atoms with van der Waals surface area (Å²) in [6.07, 6.45) is 1.21. The van der Waals surface area contributed by atoms with E-state index in [9.17, 15) is 4.79 Å². The lowest BCUT2D eigenvalue weighted by Gasteiger charge is -2.33. The van der Waals surface area contributed by atoms with E-state index < -0.39 is 5.97 Å². The Morgan fingerprint density at radius 1 is 1.61 bits per heavy atom. The minimum atomic E-state index is -0.931. The monoisotopic (exact) mass is 250 g/mol. The summed E-state index contributed by atoms with van der Waals surface area (Å²) in [5.41, 5.74) is 0.818. The Balaban J connectivity index is 2.18. The number of pyridine rings is 1. The molecular formula is C13H18N2O3.